The molecule has 1 aromatic heterocycles. The minimum absolute atomic E-state index is 0.789. The van der Waals surface area contributed by atoms with Crippen LogP contribution < -0.4 is 10.6 Å². The highest BCUT2D eigenvalue weighted by atomic mass is 15.2. The molecule has 2 aromatic rings. The van der Waals surface area contributed by atoms with E-state index in [2.05, 4.69) is 61.8 Å². The van der Waals surface area contributed by atoms with Gasteiger partial charge in [0.1, 0.15) is 0 Å². The Balaban J connectivity index is 1.45. The van der Waals surface area contributed by atoms with Crippen molar-refractivity contribution in [3.05, 3.63) is 59.9 Å². The maximum atomic E-state index is 4.33. The van der Waals surface area contributed by atoms with E-state index in [1.54, 1.807) is 0 Å². The lowest BCUT2D eigenvalue weighted by atomic mass is 10.1. The summed E-state index contributed by atoms with van der Waals surface area (Å²) in [6.45, 7) is 6.11. The van der Waals surface area contributed by atoms with Gasteiger partial charge in [0.05, 0.1) is 0 Å². The topological polar surface area (TPSA) is 44.6 Å². The molecule has 0 amide bonds. The number of aliphatic imine (C=N–C) groups is 1. The van der Waals surface area contributed by atoms with Crippen molar-refractivity contribution >= 4 is 5.96 Å². The van der Waals surface area contributed by atoms with Crippen molar-refractivity contribution in [2.24, 2.45) is 4.99 Å². The number of guanidine groups is 1. The second-order valence-corrected chi connectivity index (χ2v) is 7.28. The first-order valence-corrected chi connectivity index (χ1v) is 10.2. The average Bonchev–Trinajstić information content (AvgIpc) is 3.08. The van der Waals surface area contributed by atoms with Gasteiger partial charge in [-0.1, -0.05) is 37.1 Å². The van der Waals surface area contributed by atoms with Gasteiger partial charge in [-0.15, -0.1) is 0 Å². The Labute approximate surface area is 163 Å². The lowest BCUT2D eigenvalue weighted by Gasteiger charge is -2.20. The van der Waals surface area contributed by atoms with E-state index < -0.39 is 0 Å². The molecule has 146 valence electrons. The fourth-order valence-corrected chi connectivity index (χ4v) is 3.62. The third-order valence-corrected chi connectivity index (χ3v) is 5.11. The van der Waals surface area contributed by atoms with E-state index in [4.69, 9.17) is 0 Å². The molecule has 1 aliphatic rings. The molecular formula is C22H33N5. The molecule has 0 bridgehead atoms. The first kappa shape index (κ1) is 19.5. The molecule has 1 aromatic carbocycles. The molecule has 0 radical (unpaired) electrons. The van der Waals surface area contributed by atoms with E-state index >= 15 is 0 Å². The molecule has 1 fully saturated rings. The quantitative estimate of drug-likeness (QED) is 0.583. The third kappa shape index (κ3) is 6.75. The summed E-state index contributed by atoms with van der Waals surface area (Å²) in [7, 11) is 1.82. The van der Waals surface area contributed by atoms with Crippen molar-refractivity contribution in [3.63, 3.8) is 0 Å². The Hall–Kier alpha value is -2.27. The van der Waals surface area contributed by atoms with E-state index in [1.807, 2.05) is 19.2 Å². The van der Waals surface area contributed by atoms with Crippen molar-refractivity contribution in [2.45, 2.75) is 45.3 Å². The summed E-state index contributed by atoms with van der Waals surface area (Å²) in [5.74, 6) is 0.847. The maximum absolute atomic E-state index is 4.33. The Kier molecular flexibility index (Phi) is 7.78. The summed E-state index contributed by atoms with van der Waals surface area (Å²) in [4.78, 5) is 6.92. The molecule has 5 heteroatoms. The minimum atomic E-state index is 0.789. The van der Waals surface area contributed by atoms with Gasteiger partial charge in [-0.2, -0.15) is 0 Å². The summed E-state index contributed by atoms with van der Waals surface area (Å²) < 4.78 is 2.16. The van der Waals surface area contributed by atoms with E-state index in [1.165, 1.54) is 49.9 Å². The highest BCUT2D eigenvalue weighted by molar-refractivity contribution is 5.79. The van der Waals surface area contributed by atoms with E-state index in [0.717, 1.165) is 32.1 Å². The van der Waals surface area contributed by atoms with Gasteiger partial charge < -0.3 is 15.2 Å². The predicted octanol–water partition coefficient (Wildman–Crippen LogP) is 3.23. The van der Waals surface area contributed by atoms with Crippen molar-refractivity contribution in [2.75, 3.05) is 26.7 Å². The maximum Gasteiger partial charge on any atom is 0.191 e. The van der Waals surface area contributed by atoms with Crippen LogP contribution in [0.5, 0.6) is 0 Å². The van der Waals surface area contributed by atoms with Crippen LogP contribution in [0, 0.1) is 0 Å². The van der Waals surface area contributed by atoms with Crippen LogP contribution in [0.1, 0.15) is 36.8 Å². The van der Waals surface area contributed by atoms with Gasteiger partial charge in [-0.3, -0.25) is 9.89 Å². The minimum Gasteiger partial charge on any atom is -0.355 e. The van der Waals surface area contributed by atoms with Crippen LogP contribution in [0.25, 0.3) is 0 Å². The highest BCUT2D eigenvalue weighted by Crippen LogP contribution is 2.14. The van der Waals surface area contributed by atoms with Gasteiger partial charge in [-0.25, -0.2) is 0 Å². The first-order chi connectivity index (χ1) is 13.3. The van der Waals surface area contributed by atoms with Gasteiger partial charge in [0.2, 0.25) is 0 Å². The molecule has 2 N–H and O–H groups in total. The summed E-state index contributed by atoms with van der Waals surface area (Å²) in [6.07, 6.45) is 9.60. The molecule has 3 rings (SSSR count). The van der Waals surface area contributed by atoms with Gasteiger partial charge in [0.25, 0.3) is 0 Å². The van der Waals surface area contributed by atoms with Crippen molar-refractivity contribution in [3.8, 4) is 0 Å². The van der Waals surface area contributed by atoms with Crippen molar-refractivity contribution in [1.82, 2.24) is 20.1 Å². The van der Waals surface area contributed by atoms with Gasteiger partial charge in [0.15, 0.2) is 5.96 Å². The monoisotopic (exact) mass is 367 g/mol. The number of benzene rings is 1. The van der Waals surface area contributed by atoms with Gasteiger partial charge >= 0.3 is 0 Å². The number of aromatic nitrogens is 1. The number of rotatable bonds is 7. The Morgan fingerprint density at radius 3 is 2.44 bits per heavy atom. The van der Waals surface area contributed by atoms with Crippen LogP contribution in [0.3, 0.4) is 0 Å². The summed E-state index contributed by atoms with van der Waals surface area (Å²) >= 11 is 0. The van der Waals surface area contributed by atoms with E-state index in [-0.39, 0.29) is 0 Å². The number of hydrogen-bond donors (Lipinski definition) is 2. The largest absolute Gasteiger partial charge is 0.355 e. The van der Waals surface area contributed by atoms with Crippen LogP contribution in [0.15, 0.2) is 53.8 Å². The molecule has 1 saturated heterocycles. The highest BCUT2D eigenvalue weighted by Gasteiger charge is 2.09. The zero-order valence-corrected chi connectivity index (χ0v) is 16.5. The molecule has 0 spiro atoms. The third-order valence-electron chi connectivity index (χ3n) is 5.11. The number of hydrogen-bond acceptors (Lipinski definition) is 2. The fraction of sp³-hybridized carbons (Fsp3) is 0.500. The second-order valence-electron chi connectivity index (χ2n) is 7.28. The zero-order chi connectivity index (χ0) is 18.7. The summed E-state index contributed by atoms with van der Waals surface area (Å²) in [6, 6.07) is 13.0. The number of nitrogens with zero attached hydrogens (tertiary/aromatic N) is 3. The molecular weight excluding hydrogens is 334 g/mol. The normalized spacial score (nSPS) is 16.1. The van der Waals surface area contributed by atoms with Gasteiger partial charge in [0, 0.05) is 45.6 Å². The molecule has 5 nitrogen and oxygen atoms in total. The van der Waals surface area contributed by atoms with Crippen LogP contribution in [-0.4, -0.2) is 42.1 Å². The fourth-order valence-electron chi connectivity index (χ4n) is 3.62. The SMILES string of the molecule is CN=C(NCCn1cccc1)NCc1cccc(CN2CCCCCC2)c1. The molecule has 0 unspecified atom stereocenters. The molecule has 0 saturated carbocycles. The average molecular weight is 368 g/mol. The molecule has 27 heavy (non-hydrogen) atoms. The predicted molar refractivity (Wildman–Crippen MR) is 113 cm³/mol. The molecule has 2 heterocycles. The Morgan fingerprint density at radius 2 is 1.70 bits per heavy atom. The molecule has 1 aliphatic heterocycles. The smallest absolute Gasteiger partial charge is 0.191 e. The first-order valence-electron chi connectivity index (χ1n) is 10.2. The van der Waals surface area contributed by atoms with Gasteiger partial charge in [-0.05, 0) is 49.2 Å². The Bertz CT molecular complexity index is 684. The van der Waals surface area contributed by atoms with Crippen LogP contribution in [-0.2, 0) is 19.6 Å². The van der Waals surface area contributed by atoms with E-state index in [9.17, 15) is 0 Å². The number of likely N-dealkylation sites (tertiary alicyclic amines) is 1. The van der Waals surface area contributed by atoms with Crippen molar-refractivity contribution < 1.29 is 0 Å². The van der Waals surface area contributed by atoms with Crippen LogP contribution in [0.2, 0.25) is 0 Å². The van der Waals surface area contributed by atoms with Crippen LogP contribution >= 0.6 is 0 Å². The standard InChI is InChI=1S/C22H33N5/c1-23-22(24-11-16-26-12-6-7-13-26)25-18-20-9-8-10-21(17-20)19-27-14-4-2-3-5-15-27/h6-10,12-13,17H,2-5,11,14-16,18-19H2,1H3,(H2,23,24,25). The Morgan fingerprint density at radius 1 is 0.963 bits per heavy atom. The summed E-state index contributed by atoms with van der Waals surface area (Å²) in [5.41, 5.74) is 2.71. The molecule has 0 atom stereocenters. The lowest BCUT2D eigenvalue weighted by molar-refractivity contribution is 0.277. The summed E-state index contributed by atoms with van der Waals surface area (Å²) in [5, 5.41) is 6.80. The second kappa shape index (κ2) is 10.8. The zero-order valence-electron chi connectivity index (χ0n) is 16.5. The van der Waals surface area contributed by atoms with Crippen LogP contribution in [0.4, 0.5) is 0 Å². The molecule has 0 aliphatic carbocycles. The lowest BCUT2D eigenvalue weighted by Crippen LogP contribution is -2.38. The number of nitrogens with one attached hydrogen (secondary N) is 2. The van der Waals surface area contributed by atoms with Crippen molar-refractivity contribution in [1.29, 1.82) is 0 Å². The van der Waals surface area contributed by atoms with E-state index in [0.29, 0.717) is 0 Å².